The lowest BCUT2D eigenvalue weighted by atomic mass is 10.1. The van der Waals surface area contributed by atoms with Crippen LogP contribution in [-0.2, 0) is 6.54 Å². The molecule has 0 radical (unpaired) electrons. The lowest BCUT2D eigenvalue weighted by Crippen LogP contribution is -2.47. The number of piperazine rings is 1. The number of methoxy groups -OCH3 is 1. The van der Waals surface area contributed by atoms with E-state index in [0.29, 0.717) is 43.1 Å². The number of halogens is 1. The Hall–Kier alpha value is -4.88. The first-order valence-electron chi connectivity index (χ1n) is 14.3. The Kier molecular flexibility index (Phi) is 8.64. The number of pyridine rings is 1. The molecule has 1 aromatic heterocycles. The topological polar surface area (TPSA) is 82.6 Å². The second kappa shape index (κ2) is 12.5. The SMILES string of the molecule is [C-]#[N+]c1ccc(N2CCN(c3c(F)cc4c(=O)c(C(=O)O)cn(-c5ccc(CN(CC)CC)cc5)c4c3OC)CC2)cc1. The lowest BCUT2D eigenvalue weighted by molar-refractivity contribution is 0.0695. The average Bonchev–Trinajstić information content (AvgIpc) is 3.03. The summed E-state index contributed by atoms with van der Waals surface area (Å²) in [5, 5.41) is 9.76. The van der Waals surface area contributed by atoms with Crippen molar-refractivity contribution in [2.45, 2.75) is 20.4 Å². The number of aromatic nitrogens is 1. The maximum atomic E-state index is 15.9. The molecule has 43 heavy (non-hydrogen) atoms. The van der Waals surface area contributed by atoms with Crippen molar-refractivity contribution in [1.29, 1.82) is 0 Å². The monoisotopic (exact) mass is 583 g/mol. The van der Waals surface area contributed by atoms with E-state index in [1.165, 1.54) is 13.3 Å². The molecule has 0 amide bonds. The Morgan fingerprint density at radius 3 is 2.16 bits per heavy atom. The van der Waals surface area contributed by atoms with Gasteiger partial charge in [0, 0.05) is 50.3 Å². The highest BCUT2D eigenvalue weighted by Gasteiger charge is 2.28. The van der Waals surface area contributed by atoms with Crippen LogP contribution in [0, 0.1) is 12.4 Å². The molecule has 0 saturated carbocycles. The van der Waals surface area contributed by atoms with Gasteiger partial charge >= 0.3 is 5.97 Å². The molecule has 10 heteroatoms. The molecule has 1 fully saturated rings. The predicted octanol–water partition coefficient (Wildman–Crippen LogP) is 5.56. The van der Waals surface area contributed by atoms with Gasteiger partial charge in [0.15, 0.2) is 17.3 Å². The standard InChI is InChI=1S/C33H34FN5O4/c1-5-36(6-2)20-22-7-11-25(12-8-22)39-21-27(33(41)42)31(40)26-19-28(34)30(32(43-4)29(26)39)38-17-15-37(16-18-38)24-13-9-23(35-3)10-14-24/h7-14,19,21H,5-6,15-18,20H2,1-2,4H3,(H,41,42). The van der Waals surface area contributed by atoms with E-state index in [4.69, 9.17) is 11.3 Å². The summed E-state index contributed by atoms with van der Waals surface area (Å²) in [6.45, 7) is 16.2. The third-order valence-corrected chi connectivity index (χ3v) is 8.06. The smallest absolute Gasteiger partial charge is 0.341 e. The second-order valence-electron chi connectivity index (χ2n) is 10.4. The first-order valence-corrected chi connectivity index (χ1v) is 14.3. The molecule has 4 aromatic rings. The molecule has 2 heterocycles. The van der Waals surface area contributed by atoms with Crippen LogP contribution in [0.5, 0.6) is 5.75 Å². The van der Waals surface area contributed by atoms with Gasteiger partial charge in [-0.2, -0.15) is 0 Å². The first-order chi connectivity index (χ1) is 20.8. The molecule has 1 N–H and O–H groups in total. The van der Waals surface area contributed by atoms with Crippen molar-refractivity contribution in [2.24, 2.45) is 0 Å². The zero-order valence-electron chi connectivity index (χ0n) is 24.5. The summed E-state index contributed by atoms with van der Waals surface area (Å²) in [5.41, 5.74) is 2.59. The zero-order chi connectivity index (χ0) is 30.7. The molecule has 0 bridgehead atoms. The van der Waals surface area contributed by atoms with Crippen LogP contribution >= 0.6 is 0 Å². The number of nitrogens with zero attached hydrogens (tertiary/aromatic N) is 5. The molecule has 0 aliphatic carbocycles. The van der Waals surface area contributed by atoms with Crippen LogP contribution in [0.15, 0.2) is 65.6 Å². The molecule has 1 aliphatic rings. The summed E-state index contributed by atoms with van der Waals surface area (Å²) in [5.74, 6) is -1.87. The maximum Gasteiger partial charge on any atom is 0.341 e. The number of fused-ring (bicyclic) bond motifs is 1. The van der Waals surface area contributed by atoms with E-state index in [1.54, 1.807) is 16.7 Å². The van der Waals surface area contributed by atoms with Gasteiger partial charge in [-0.1, -0.05) is 38.1 Å². The Bertz CT molecular complexity index is 1730. The summed E-state index contributed by atoms with van der Waals surface area (Å²) >= 11 is 0. The number of hydrogen-bond acceptors (Lipinski definition) is 6. The van der Waals surface area contributed by atoms with Crippen LogP contribution < -0.4 is 20.0 Å². The third kappa shape index (κ3) is 5.76. The van der Waals surface area contributed by atoms with Crippen LogP contribution in [-0.4, -0.2) is 66.9 Å². The van der Waals surface area contributed by atoms with E-state index >= 15 is 4.39 Å². The van der Waals surface area contributed by atoms with E-state index in [9.17, 15) is 14.7 Å². The van der Waals surface area contributed by atoms with E-state index in [-0.39, 0.29) is 16.8 Å². The Labute approximate surface area is 249 Å². The van der Waals surface area contributed by atoms with E-state index in [0.717, 1.165) is 37.0 Å². The average molecular weight is 584 g/mol. The maximum absolute atomic E-state index is 15.9. The molecule has 3 aromatic carbocycles. The lowest BCUT2D eigenvalue weighted by Gasteiger charge is -2.38. The molecule has 0 atom stereocenters. The summed E-state index contributed by atoms with van der Waals surface area (Å²) in [6, 6.07) is 16.2. The van der Waals surface area contributed by atoms with Crippen LogP contribution in [0.2, 0.25) is 0 Å². The van der Waals surface area contributed by atoms with Crippen molar-refractivity contribution < 1.29 is 19.0 Å². The van der Waals surface area contributed by atoms with Crippen LogP contribution in [0.1, 0.15) is 29.8 Å². The highest BCUT2D eigenvalue weighted by atomic mass is 19.1. The van der Waals surface area contributed by atoms with Crippen molar-refractivity contribution in [3.63, 3.8) is 0 Å². The van der Waals surface area contributed by atoms with Gasteiger partial charge in [-0.3, -0.25) is 9.69 Å². The van der Waals surface area contributed by atoms with E-state index in [2.05, 4.69) is 28.5 Å². The number of carboxylic acids is 1. The van der Waals surface area contributed by atoms with Crippen molar-refractivity contribution >= 4 is 33.9 Å². The van der Waals surface area contributed by atoms with Crippen molar-refractivity contribution in [3.8, 4) is 11.4 Å². The third-order valence-electron chi connectivity index (χ3n) is 8.06. The van der Waals surface area contributed by atoms with Crippen LogP contribution in [0.4, 0.5) is 21.5 Å². The highest BCUT2D eigenvalue weighted by Crippen LogP contribution is 2.40. The fourth-order valence-electron chi connectivity index (χ4n) is 5.65. The van der Waals surface area contributed by atoms with Crippen molar-refractivity contribution in [2.75, 3.05) is 56.2 Å². The van der Waals surface area contributed by atoms with Gasteiger partial charge in [-0.05, 0) is 49.0 Å². The number of carboxylic acid groups (broad SMARTS) is 1. The normalized spacial score (nSPS) is 13.4. The fraction of sp³-hybridized carbons (Fsp3) is 0.303. The minimum Gasteiger partial charge on any atom is -0.492 e. The molecule has 9 nitrogen and oxygen atoms in total. The molecule has 0 unspecified atom stereocenters. The number of rotatable bonds is 9. The highest BCUT2D eigenvalue weighted by molar-refractivity contribution is 5.97. The molecular weight excluding hydrogens is 549 g/mol. The van der Waals surface area contributed by atoms with Gasteiger partial charge in [0.25, 0.3) is 0 Å². The Morgan fingerprint density at radius 2 is 1.60 bits per heavy atom. The number of ether oxygens (including phenoxy) is 1. The minimum atomic E-state index is -1.39. The van der Waals surface area contributed by atoms with Gasteiger partial charge in [-0.15, -0.1) is 0 Å². The predicted molar refractivity (Wildman–Crippen MR) is 167 cm³/mol. The summed E-state index contributed by atoms with van der Waals surface area (Å²) in [4.78, 5) is 35.1. The van der Waals surface area contributed by atoms with Crippen LogP contribution in [0.25, 0.3) is 21.4 Å². The molecule has 1 saturated heterocycles. The van der Waals surface area contributed by atoms with E-state index < -0.39 is 22.8 Å². The minimum absolute atomic E-state index is 0.0660. The summed E-state index contributed by atoms with van der Waals surface area (Å²) < 4.78 is 23.3. The van der Waals surface area contributed by atoms with Gasteiger partial charge in [0.1, 0.15) is 16.8 Å². The van der Waals surface area contributed by atoms with Gasteiger partial charge in [-0.25, -0.2) is 14.0 Å². The molecule has 5 rings (SSSR count). The number of hydrogen-bond donors (Lipinski definition) is 1. The first kappa shape index (κ1) is 29.6. The van der Waals surface area contributed by atoms with Crippen molar-refractivity contribution in [3.05, 3.63) is 99.4 Å². The molecular formula is C33H34FN5O4. The molecule has 222 valence electrons. The van der Waals surface area contributed by atoms with Crippen LogP contribution in [0.3, 0.4) is 0 Å². The van der Waals surface area contributed by atoms with Gasteiger partial charge in [0.05, 0.1) is 19.1 Å². The Morgan fingerprint density at radius 1 is 1.00 bits per heavy atom. The Balaban J connectivity index is 1.58. The van der Waals surface area contributed by atoms with E-state index in [1.807, 2.05) is 41.3 Å². The molecule has 1 aliphatic heterocycles. The number of carbonyl (C=O) groups is 1. The van der Waals surface area contributed by atoms with Crippen molar-refractivity contribution in [1.82, 2.24) is 9.47 Å². The second-order valence-corrected chi connectivity index (χ2v) is 10.4. The zero-order valence-corrected chi connectivity index (χ0v) is 24.5. The fourth-order valence-corrected chi connectivity index (χ4v) is 5.65. The number of anilines is 2. The van der Waals surface area contributed by atoms with Gasteiger partial charge < -0.3 is 24.2 Å². The quantitative estimate of drug-likeness (QED) is 0.259. The number of benzene rings is 3. The summed E-state index contributed by atoms with van der Waals surface area (Å²) in [7, 11) is 1.43. The number of aromatic carboxylic acids is 1. The molecule has 0 spiro atoms. The largest absolute Gasteiger partial charge is 0.492 e. The summed E-state index contributed by atoms with van der Waals surface area (Å²) in [6.07, 6.45) is 1.29. The van der Waals surface area contributed by atoms with Gasteiger partial charge in [0.2, 0.25) is 5.43 Å².